The van der Waals surface area contributed by atoms with Crippen molar-refractivity contribution in [2.24, 2.45) is 0 Å². The maximum absolute atomic E-state index is 12.5. The molecule has 10 heteroatoms. The molecule has 0 bridgehead atoms. The third-order valence-electron chi connectivity index (χ3n) is 4.75. The number of pyridine rings is 1. The number of alkyl halides is 3. The van der Waals surface area contributed by atoms with Crippen molar-refractivity contribution in [1.29, 1.82) is 0 Å². The van der Waals surface area contributed by atoms with Crippen molar-refractivity contribution < 1.29 is 22.6 Å². The predicted octanol–water partition coefficient (Wildman–Crippen LogP) is 5.16. The van der Waals surface area contributed by atoms with Gasteiger partial charge in [-0.1, -0.05) is 18.2 Å². The van der Waals surface area contributed by atoms with E-state index in [9.17, 15) is 13.2 Å². The van der Waals surface area contributed by atoms with Crippen LogP contribution in [0.2, 0.25) is 0 Å². The molecule has 0 atom stereocenters. The summed E-state index contributed by atoms with van der Waals surface area (Å²) in [7, 11) is 1.60. The molecule has 0 saturated heterocycles. The van der Waals surface area contributed by atoms with E-state index in [-0.39, 0.29) is 5.75 Å². The van der Waals surface area contributed by atoms with Crippen LogP contribution >= 0.6 is 0 Å². The second-order valence-corrected chi connectivity index (χ2v) is 7.08. The largest absolute Gasteiger partial charge is 0.573 e. The van der Waals surface area contributed by atoms with Crippen LogP contribution in [0, 0.1) is 6.92 Å². The Labute approximate surface area is 187 Å². The van der Waals surface area contributed by atoms with E-state index in [1.807, 2.05) is 43.3 Å². The molecular formula is C23H20F3N5O2. The number of hydrogen-bond donors (Lipinski definition) is 1. The first-order chi connectivity index (χ1) is 15.8. The second-order valence-electron chi connectivity index (χ2n) is 7.08. The number of rotatable bonds is 7. The van der Waals surface area contributed by atoms with Crippen molar-refractivity contribution >= 4 is 5.95 Å². The van der Waals surface area contributed by atoms with Gasteiger partial charge in [-0.25, -0.2) is 0 Å². The quantitative estimate of drug-likeness (QED) is 0.415. The van der Waals surface area contributed by atoms with Gasteiger partial charge in [0.15, 0.2) is 0 Å². The highest BCUT2D eigenvalue weighted by Gasteiger charge is 2.31. The third kappa shape index (κ3) is 5.40. The molecule has 0 aliphatic heterocycles. The molecule has 2 heterocycles. The molecule has 0 aliphatic rings. The molecule has 170 valence electrons. The molecule has 2 aromatic heterocycles. The number of aryl methyl sites for hydroxylation is 1. The molecule has 4 rings (SSSR count). The molecule has 0 spiro atoms. The van der Waals surface area contributed by atoms with E-state index in [1.54, 1.807) is 13.3 Å². The van der Waals surface area contributed by atoms with Gasteiger partial charge in [0, 0.05) is 12.7 Å². The lowest BCUT2D eigenvalue weighted by Gasteiger charge is -2.11. The minimum absolute atomic E-state index is 0.320. The summed E-state index contributed by atoms with van der Waals surface area (Å²) < 4.78 is 48.1. The first-order valence-electron chi connectivity index (χ1n) is 9.94. The first kappa shape index (κ1) is 22.1. The maximum Gasteiger partial charge on any atom is 0.573 e. The van der Waals surface area contributed by atoms with Crippen LogP contribution in [-0.2, 0) is 6.54 Å². The number of halogens is 3. The summed E-state index contributed by atoms with van der Waals surface area (Å²) in [6.07, 6.45) is -3.11. The topological polar surface area (TPSA) is 74.1 Å². The van der Waals surface area contributed by atoms with Gasteiger partial charge in [-0.2, -0.15) is 9.67 Å². The van der Waals surface area contributed by atoms with Crippen LogP contribution in [0.25, 0.3) is 17.2 Å². The number of methoxy groups -OCH3 is 1. The molecule has 7 nitrogen and oxygen atoms in total. The van der Waals surface area contributed by atoms with Crippen LogP contribution in [0.1, 0.15) is 11.1 Å². The van der Waals surface area contributed by atoms with Gasteiger partial charge >= 0.3 is 6.36 Å². The molecule has 0 saturated carbocycles. The number of hydrogen-bond acceptors (Lipinski definition) is 6. The average Bonchev–Trinajstić information content (AvgIpc) is 3.22. The van der Waals surface area contributed by atoms with E-state index in [0.29, 0.717) is 29.7 Å². The molecule has 2 aromatic carbocycles. The normalized spacial score (nSPS) is 11.3. The fraction of sp³-hybridized carbons (Fsp3) is 0.174. The van der Waals surface area contributed by atoms with E-state index in [1.165, 1.54) is 28.9 Å². The van der Waals surface area contributed by atoms with Crippen LogP contribution in [0.5, 0.6) is 11.5 Å². The van der Waals surface area contributed by atoms with Gasteiger partial charge in [0.25, 0.3) is 0 Å². The van der Waals surface area contributed by atoms with Gasteiger partial charge in [0.05, 0.1) is 12.8 Å². The fourth-order valence-corrected chi connectivity index (χ4v) is 3.14. The van der Waals surface area contributed by atoms with Crippen molar-refractivity contribution in [3.8, 4) is 28.7 Å². The summed E-state index contributed by atoms with van der Waals surface area (Å²) in [5, 5.41) is 7.79. The molecule has 0 radical (unpaired) electrons. The van der Waals surface area contributed by atoms with E-state index >= 15 is 0 Å². The number of nitrogens with one attached hydrogen (secondary N) is 1. The van der Waals surface area contributed by atoms with E-state index in [0.717, 1.165) is 16.9 Å². The van der Waals surface area contributed by atoms with Crippen molar-refractivity contribution in [3.63, 3.8) is 0 Å². The zero-order valence-electron chi connectivity index (χ0n) is 17.8. The van der Waals surface area contributed by atoms with Gasteiger partial charge < -0.3 is 14.8 Å². The Morgan fingerprint density at radius 2 is 1.67 bits per heavy atom. The van der Waals surface area contributed by atoms with E-state index in [2.05, 4.69) is 25.1 Å². The Hall–Kier alpha value is -4.08. The van der Waals surface area contributed by atoms with Crippen LogP contribution in [0.15, 0.2) is 66.9 Å². The number of aromatic nitrogens is 4. The molecule has 0 amide bonds. The predicted molar refractivity (Wildman–Crippen MR) is 116 cm³/mol. The number of nitrogens with zero attached hydrogens (tertiary/aromatic N) is 4. The number of benzene rings is 2. The number of anilines is 1. The lowest BCUT2D eigenvalue weighted by Crippen LogP contribution is -2.17. The second kappa shape index (κ2) is 9.19. The van der Waals surface area contributed by atoms with E-state index < -0.39 is 6.36 Å². The lowest BCUT2D eigenvalue weighted by molar-refractivity contribution is -0.274. The molecule has 0 aliphatic carbocycles. The summed E-state index contributed by atoms with van der Waals surface area (Å²) >= 11 is 0. The van der Waals surface area contributed by atoms with Gasteiger partial charge in [0.1, 0.15) is 17.2 Å². The maximum atomic E-state index is 12.5. The monoisotopic (exact) mass is 455 g/mol. The van der Waals surface area contributed by atoms with Crippen LogP contribution in [0.3, 0.4) is 0 Å². The highest BCUT2D eigenvalue weighted by molar-refractivity contribution is 5.57. The summed E-state index contributed by atoms with van der Waals surface area (Å²) in [5.41, 5.74) is 3.00. The summed E-state index contributed by atoms with van der Waals surface area (Å²) in [6, 6.07) is 16.7. The van der Waals surface area contributed by atoms with Gasteiger partial charge in [0.2, 0.25) is 11.8 Å². The Balaban J connectivity index is 1.65. The van der Waals surface area contributed by atoms with Gasteiger partial charge in [-0.15, -0.1) is 18.3 Å². The molecule has 33 heavy (non-hydrogen) atoms. The Morgan fingerprint density at radius 1 is 0.970 bits per heavy atom. The SMILES string of the molecule is COc1ccc(CNc2nc(-c3ncccc3C)nn2-c2ccc(OC(F)(F)F)cc2)cc1. The zero-order valence-corrected chi connectivity index (χ0v) is 17.8. The smallest absolute Gasteiger partial charge is 0.497 e. The van der Waals surface area contributed by atoms with Crippen molar-refractivity contribution in [2.75, 3.05) is 12.4 Å². The summed E-state index contributed by atoms with van der Waals surface area (Å²) in [4.78, 5) is 8.95. The average molecular weight is 455 g/mol. The van der Waals surface area contributed by atoms with Crippen molar-refractivity contribution in [1.82, 2.24) is 19.7 Å². The molecule has 0 unspecified atom stereocenters. The van der Waals surface area contributed by atoms with Crippen molar-refractivity contribution in [3.05, 3.63) is 78.0 Å². The van der Waals surface area contributed by atoms with Crippen LogP contribution in [0.4, 0.5) is 19.1 Å². The van der Waals surface area contributed by atoms with Crippen LogP contribution < -0.4 is 14.8 Å². The Bertz CT molecular complexity index is 1220. The fourth-order valence-electron chi connectivity index (χ4n) is 3.14. The summed E-state index contributed by atoms with van der Waals surface area (Å²) in [5.74, 6) is 1.23. The number of ether oxygens (including phenoxy) is 2. The standard InChI is InChI=1S/C23H20F3N5O2/c1-15-4-3-13-27-20(15)21-29-22(28-14-16-5-9-18(32-2)10-6-16)31(30-21)17-7-11-19(12-8-17)33-23(24,25)26/h3-13H,14H2,1-2H3,(H,28,29,30). The minimum Gasteiger partial charge on any atom is -0.497 e. The Kier molecular flexibility index (Phi) is 6.16. The highest BCUT2D eigenvalue weighted by Crippen LogP contribution is 2.26. The molecule has 0 fully saturated rings. The van der Waals surface area contributed by atoms with Crippen molar-refractivity contribution in [2.45, 2.75) is 19.8 Å². The first-order valence-corrected chi connectivity index (χ1v) is 9.94. The Morgan fingerprint density at radius 3 is 2.30 bits per heavy atom. The zero-order chi connectivity index (χ0) is 23.4. The molecule has 4 aromatic rings. The molecule has 1 N–H and O–H groups in total. The molecular weight excluding hydrogens is 435 g/mol. The van der Waals surface area contributed by atoms with Gasteiger partial charge in [-0.3, -0.25) is 4.98 Å². The van der Waals surface area contributed by atoms with Gasteiger partial charge in [-0.05, 0) is 60.5 Å². The summed E-state index contributed by atoms with van der Waals surface area (Å²) in [6.45, 7) is 2.34. The van der Waals surface area contributed by atoms with E-state index in [4.69, 9.17) is 4.74 Å². The minimum atomic E-state index is -4.76. The third-order valence-corrected chi connectivity index (χ3v) is 4.75. The highest BCUT2D eigenvalue weighted by atomic mass is 19.4. The lowest BCUT2D eigenvalue weighted by atomic mass is 10.2. The van der Waals surface area contributed by atoms with Crippen LogP contribution in [-0.4, -0.2) is 33.2 Å².